The molecular weight excluding hydrogens is 302 g/mol. The van der Waals surface area contributed by atoms with Crippen LogP contribution >= 0.6 is 0 Å². The predicted molar refractivity (Wildman–Crippen MR) is 86.0 cm³/mol. The van der Waals surface area contributed by atoms with Crippen LogP contribution < -0.4 is 14.2 Å². The van der Waals surface area contributed by atoms with E-state index in [9.17, 15) is 8.42 Å². The first-order valence-electron chi connectivity index (χ1n) is 6.96. The van der Waals surface area contributed by atoms with Crippen LogP contribution in [-0.2, 0) is 10.0 Å². The topological polar surface area (TPSA) is 64.6 Å². The van der Waals surface area contributed by atoms with Crippen molar-refractivity contribution in [3.05, 3.63) is 48.5 Å². The van der Waals surface area contributed by atoms with Gasteiger partial charge in [-0.3, -0.25) is 4.72 Å². The lowest BCUT2D eigenvalue weighted by atomic mass is 10.3. The average molecular weight is 321 g/mol. The van der Waals surface area contributed by atoms with E-state index in [-0.39, 0.29) is 4.90 Å². The van der Waals surface area contributed by atoms with E-state index >= 15 is 0 Å². The number of hydrogen-bond donors (Lipinski definition) is 1. The maximum atomic E-state index is 12.6. The number of anilines is 1. The van der Waals surface area contributed by atoms with E-state index in [1.807, 2.05) is 6.92 Å². The number of benzene rings is 2. The molecule has 0 aliphatic carbocycles. The SMILES string of the molecule is CCCOc1ccccc1NS(=O)(=O)c1ccccc1OC. The predicted octanol–water partition coefficient (Wildman–Crippen LogP) is 3.28. The van der Waals surface area contributed by atoms with Gasteiger partial charge in [-0.25, -0.2) is 8.42 Å². The van der Waals surface area contributed by atoms with Gasteiger partial charge < -0.3 is 9.47 Å². The Bertz CT molecular complexity index is 728. The molecule has 0 spiro atoms. The van der Waals surface area contributed by atoms with Crippen molar-refractivity contribution >= 4 is 15.7 Å². The molecule has 0 saturated carbocycles. The van der Waals surface area contributed by atoms with Gasteiger partial charge in [-0.1, -0.05) is 31.2 Å². The van der Waals surface area contributed by atoms with E-state index < -0.39 is 10.0 Å². The van der Waals surface area contributed by atoms with Crippen LogP contribution in [0.5, 0.6) is 11.5 Å². The molecule has 0 aliphatic heterocycles. The summed E-state index contributed by atoms with van der Waals surface area (Å²) in [6.07, 6.45) is 0.841. The second kappa shape index (κ2) is 7.17. The van der Waals surface area contributed by atoms with Crippen LogP contribution in [0.1, 0.15) is 13.3 Å². The van der Waals surface area contributed by atoms with Crippen molar-refractivity contribution in [2.24, 2.45) is 0 Å². The molecule has 0 saturated heterocycles. The van der Waals surface area contributed by atoms with Gasteiger partial charge in [-0.05, 0) is 30.7 Å². The Morgan fingerprint density at radius 1 is 1.00 bits per heavy atom. The third-order valence-corrected chi connectivity index (χ3v) is 4.36. The zero-order chi connectivity index (χ0) is 16.0. The van der Waals surface area contributed by atoms with Crippen molar-refractivity contribution in [2.75, 3.05) is 18.4 Å². The smallest absolute Gasteiger partial charge is 0.265 e. The molecule has 0 bridgehead atoms. The van der Waals surface area contributed by atoms with Crippen molar-refractivity contribution in [2.45, 2.75) is 18.2 Å². The number of para-hydroxylation sites is 3. The molecule has 2 aromatic rings. The highest BCUT2D eigenvalue weighted by molar-refractivity contribution is 7.92. The molecule has 0 aromatic heterocycles. The first-order chi connectivity index (χ1) is 10.6. The highest BCUT2D eigenvalue weighted by atomic mass is 32.2. The van der Waals surface area contributed by atoms with Gasteiger partial charge in [0.1, 0.15) is 16.4 Å². The van der Waals surface area contributed by atoms with E-state index in [1.54, 1.807) is 42.5 Å². The van der Waals surface area contributed by atoms with Crippen molar-refractivity contribution < 1.29 is 17.9 Å². The number of hydrogen-bond acceptors (Lipinski definition) is 4. The lowest BCUT2D eigenvalue weighted by Gasteiger charge is -2.14. The minimum Gasteiger partial charge on any atom is -0.495 e. The molecule has 0 heterocycles. The van der Waals surface area contributed by atoms with Gasteiger partial charge in [0.25, 0.3) is 10.0 Å². The van der Waals surface area contributed by atoms with Crippen LogP contribution in [0.2, 0.25) is 0 Å². The Kier molecular flexibility index (Phi) is 5.27. The fraction of sp³-hybridized carbons (Fsp3) is 0.250. The maximum Gasteiger partial charge on any atom is 0.265 e. The molecule has 2 rings (SSSR count). The van der Waals surface area contributed by atoms with E-state index in [4.69, 9.17) is 9.47 Å². The molecule has 0 atom stereocenters. The summed E-state index contributed by atoms with van der Waals surface area (Å²) in [5.74, 6) is 0.796. The zero-order valence-electron chi connectivity index (χ0n) is 12.6. The maximum absolute atomic E-state index is 12.6. The van der Waals surface area contributed by atoms with Crippen LogP contribution in [-0.4, -0.2) is 22.1 Å². The Hall–Kier alpha value is -2.21. The number of rotatable bonds is 7. The first kappa shape index (κ1) is 16.2. The monoisotopic (exact) mass is 321 g/mol. The summed E-state index contributed by atoms with van der Waals surface area (Å²) in [7, 11) is -2.32. The molecule has 0 aliphatic rings. The van der Waals surface area contributed by atoms with Gasteiger partial charge >= 0.3 is 0 Å². The van der Waals surface area contributed by atoms with Crippen molar-refractivity contribution in [3.63, 3.8) is 0 Å². The lowest BCUT2D eigenvalue weighted by Crippen LogP contribution is -2.15. The average Bonchev–Trinajstić information content (AvgIpc) is 2.53. The minimum absolute atomic E-state index is 0.0859. The third-order valence-electron chi connectivity index (χ3n) is 2.95. The van der Waals surface area contributed by atoms with Crippen LogP contribution in [0, 0.1) is 0 Å². The molecule has 22 heavy (non-hydrogen) atoms. The molecule has 6 heteroatoms. The molecule has 0 radical (unpaired) electrons. The van der Waals surface area contributed by atoms with Crippen LogP contribution in [0.4, 0.5) is 5.69 Å². The highest BCUT2D eigenvalue weighted by Gasteiger charge is 2.20. The highest BCUT2D eigenvalue weighted by Crippen LogP contribution is 2.29. The number of methoxy groups -OCH3 is 1. The molecule has 5 nitrogen and oxygen atoms in total. The summed E-state index contributed by atoms with van der Waals surface area (Å²) in [4.78, 5) is 0.0859. The number of sulfonamides is 1. The Labute approximate surface area is 130 Å². The van der Waals surface area contributed by atoms with Crippen molar-refractivity contribution in [3.8, 4) is 11.5 Å². The summed E-state index contributed by atoms with van der Waals surface area (Å²) < 4.78 is 38.4. The molecule has 1 N–H and O–H groups in total. The summed E-state index contributed by atoms with van der Waals surface area (Å²) in [6, 6.07) is 13.4. The fourth-order valence-electron chi connectivity index (χ4n) is 1.93. The van der Waals surface area contributed by atoms with Crippen LogP contribution in [0.15, 0.2) is 53.4 Å². The Morgan fingerprint density at radius 2 is 1.64 bits per heavy atom. The van der Waals surface area contributed by atoms with Crippen LogP contribution in [0.25, 0.3) is 0 Å². The van der Waals surface area contributed by atoms with E-state index in [0.29, 0.717) is 23.8 Å². The van der Waals surface area contributed by atoms with Crippen LogP contribution in [0.3, 0.4) is 0 Å². The van der Waals surface area contributed by atoms with Gasteiger partial charge in [0.05, 0.1) is 19.4 Å². The van der Waals surface area contributed by atoms with E-state index in [0.717, 1.165) is 6.42 Å². The normalized spacial score (nSPS) is 11.0. The minimum atomic E-state index is -3.76. The third kappa shape index (κ3) is 3.71. The molecule has 0 fully saturated rings. The standard InChI is InChI=1S/C16H19NO4S/c1-3-12-21-14-9-5-4-8-13(14)17-22(18,19)16-11-7-6-10-15(16)20-2/h4-11,17H,3,12H2,1-2H3. The van der Waals surface area contributed by atoms with Gasteiger partial charge in [0.15, 0.2) is 0 Å². The lowest BCUT2D eigenvalue weighted by molar-refractivity contribution is 0.319. The van der Waals surface area contributed by atoms with Gasteiger partial charge in [0, 0.05) is 0 Å². The summed E-state index contributed by atoms with van der Waals surface area (Å²) in [5.41, 5.74) is 0.404. The van der Waals surface area contributed by atoms with Gasteiger partial charge in [-0.2, -0.15) is 0 Å². The summed E-state index contributed by atoms with van der Waals surface area (Å²) in [5, 5.41) is 0. The largest absolute Gasteiger partial charge is 0.495 e. The molecule has 0 unspecified atom stereocenters. The number of nitrogens with one attached hydrogen (secondary N) is 1. The first-order valence-corrected chi connectivity index (χ1v) is 8.44. The van der Waals surface area contributed by atoms with Gasteiger partial charge in [-0.15, -0.1) is 0 Å². The second-order valence-electron chi connectivity index (χ2n) is 4.60. The molecule has 2 aromatic carbocycles. The van der Waals surface area contributed by atoms with E-state index in [2.05, 4.69) is 4.72 Å². The zero-order valence-corrected chi connectivity index (χ0v) is 13.4. The summed E-state index contributed by atoms with van der Waals surface area (Å²) >= 11 is 0. The quantitative estimate of drug-likeness (QED) is 0.850. The van der Waals surface area contributed by atoms with Crippen molar-refractivity contribution in [1.29, 1.82) is 0 Å². The molecule has 118 valence electrons. The Balaban J connectivity index is 2.33. The van der Waals surface area contributed by atoms with E-state index in [1.165, 1.54) is 13.2 Å². The fourth-order valence-corrected chi connectivity index (χ4v) is 3.17. The number of ether oxygens (including phenoxy) is 2. The van der Waals surface area contributed by atoms with Crippen molar-refractivity contribution in [1.82, 2.24) is 0 Å². The second-order valence-corrected chi connectivity index (χ2v) is 6.25. The Morgan fingerprint density at radius 3 is 2.32 bits per heavy atom. The van der Waals surface area contributed by atoms with Gasteiger partial charge in [0.2, 0.25) is 0 Å². The molecular formula is C16H19NO4S. The molecule has 0 amide bonds. The summed E-state index contributed by atoms with van der Waals surface area (Å²) in [6.45, 7) is 2.51.